The molecule has 6 heteroatoms. The lowest BCUT2D eigenvalue weighted by Gasteiger charge is -2.27. The summed E-state index contributed by atoms with van der Waals surface area (Å²) >= 11 is 0. The van der Waals surface area contributed by atoms with E-state index < -0.39 is 30.1 Å². The minimum absolute atomic E-state index is 0.0676. The average molecular weight is 282 g/mol. The number of hydrogen-bond donors (Lipinski definition) is 1. The third-order valence-electron chi connectivity index (χ3n) is 2.93. The van der Waals surface area contributed by atoms with Crippen LogP contribution < -0.4 is 5.32 Å². The molecule has 0 saturated heterocycles. The lowest BCUT2D eigenvalue weighted by Crippen LogP contribution is -2.50. The molecule has 0 aliphatic heterocycles. The molecule has 0 aliphatic rings. The third kappa shape index (κ3) is 5.85. The first kappa shape index (κ1) is 18.1. The van der Waals surface area contributed by atoms with E-state index >= 15 is 0 Å². The predicted molar refractivity (Wildman–Crippen MR) is 73.6 cm³/mol. The maximum atomic E-state index is 11.7. The van der Waals surface area contributed by atoms with Gasteiger partial charge in [0.15, 0.2) is 12.7 Å². The van der Waals surface area contributed by atoms with Crippen molar-refractivity contribution in [3.63, 3.8) is 0 Å². The van der Waals surface area contributed by atoms with Crippen molar-refractivity contribution in [2.24, 2.45) is 5.92 Å². The number of hydrogen-bond acceptors (Lipinski definition) is 5. The van der Waals surface area contributed by atoms with Crippen LogP contribution in [0.15, 0.2) is 12.7 Å². The normalized spacial score (nSPS) is 14.8. The zero-order valence-corrected chi connectivity index (χ0v) is 12.4. The van der Waals surface area contributed by atoms with Crippen molar-refractivity contribution < 1.29 is 19.1 Å². The van der Waals surface area contributed by atoms with E-state index in [9.17, 15) is 9.59 Å². The Kier molecular flexibility index (Phi) is 7.55. The van der Waals surface area contributed by atoms with Crippen molar-refractivity contribution in [3.8, 4) is 6.07 Å². The van der Waals surface area contributed by atoms with Crippen LogP contribution in [0.1, 0.15) is 27.7 Å². The van der Waals surface area contributed by atoms with Crippen molar-refractivity contribution >= 4 is 11.9 Å². The molecule has 0 rings (SSSR count). The smallest absolute Gasteiger partial charge is 0.335 e. The van der Waals surface area contributed by atoms with Crippen LogP contribution in [0.25, 0.3) is 0 Å². The number of rotatable bonds is 8. The van der Waals surface area contributed by atoms with Gasteiger partial charge in [0.1, 0.15) is 5.54 Å². The van der Waals surface area contributed by atoms with Crippen molar-refractivity contribution in [3.05, 3.63) is 12.7 Å². The fourth-order valence-corrected chi connectivity index (χ4v) is 1.16. The number of ether oxygens (including phenoxy) is 2. The third-order valence-corrected chi connectivity index (χ3v) is 2.93. The fraction of sp³-hybridized carbons (Fsp3) is 0.643. The van der Waals surface area contributed by atoms with Crippen LogP contribution in [0.3, 0.4) is 0 Å². The molecular weight excluding hydrogens is 260 g/mol. The Morgan fingerprint density at radius 1 is 1.45 bits per heavy atom. The summed E-state index contributed by atoms with van der Waals surface area (Å²) < 4.78 is 9.88. The summed E-state index contributed by atoms with van der Waals surface area (Å²) in [6.45, 7) is 10.0. The standard InChI is InChI=1S/C14H22N2O4/c1-6-7-19-11(4)13(18)20-8-12(17)16-14(5,9-15)10(2)3/h6,10-11H,1,7-8H2,2-5H3,(H,16,17). The summed E-state index contributed by atoms with van der Waals surface area (Å²) in [5.74, 6) is -1.22. The minimum Gasteiger partial charge on any atom is -0.454 e. The van der Waals surface area contributed by atoms with Crippen LogP contribution in [0.5, 0.6) is 0 Å². The molecule has 0 aromatic heterocycles. The van der Waals surface area contributed by atoms with Gasteiger partial charge in [-0.15, -0.1) is 6.58 Å². The molecule has 0 aliphatic carbocycles. The zero-order valence-electron chi connectivity index (χ0n) is 12.4. The molecule has 2 unspecified atom stereocenters. The van der Waals surface area contributed by atoms with Gasteiger partial charge in [-0.25, -0.2) is 4.79 Å². The molecule has 0 saturated carbocycles. The Morgan fingerprint density at radius 2 is 2.05 bits per heavy atom. The quantitative estimate of drug-likeness (QED) is 0.533. The van der Waals surface area contributed by atoms with E-state index in [1.54, 1.807) is 6.92 Å². The Bertz CT molecular complexity index is 400. The molecule has 0 fully saturated rings. The molecule has 0 heterocycles. The molecule has 1 N–H and O–H groups in total. The molecule has 0 bridgehead atoms. The second kappa shape index (κ2) is 8.33. The summed E-state index contributed by atoms with van der Waals surface area (Å²) in [5, 5.41) is 11.6. The highest BCUT2D eigenvalue weighted by atomic mass is 16.6. The van der Waals surface area contributed by atoms with E-state index in [-0.39, 0.29) is 12.5 Å². The van der Waals surface area contributed by atoms with Gasteiger partial charge in [-0.2, -0.15) is 5.26 Å². The highest BCUT2D eigenvalue weighted by Crippen LogP contribution is 2.14. The van der Waals surface area contributed by atoms with Gasteiger partial charge in [0.25, 0.3) is 5.91 Å². The summed E-state index contributed by atoms with van der Waals surface area (Å²) in [7, 11) is 0. The van der Waals surface area contributed by atoms with Gasteiger partial charge in [-0.1, -0.05) is 19.9 Å². The van der Waals surface area contributed by atoms with Gasteiger partial charge < -0.3 is 14.8 Å². The fourth-order valence-electron chi connectivity index (χ4n) is 1.16. The van der Waals surface area contributed by atoms with Crippen molar-refractivity contribution in [1.82, 2.24) is 5.32 Å². The maximum absolute atomic E-state index is 11.7. The SMILES string of the molecule is C=CCOC(C)C(=O)OCC(=O)NC(C)(C#N)C(C)C. The number of carbonyl (C=O) groups excluding carboxylic acids is 2. The molecule has 1 amide bonds. The molecule has 6 nitrogen and oxygen atoms in total. The van der Waals surface area contributed by atoms with E-state index in [4.69, 9.17) is 14.7 Å². The number of carbonyl (C=O) groups is 2. The highest BCUT2D eigenvalue weighted by molar-refractivity contribution is 5.82. The number of nitrogens with one attached hydrogen (secondary N) is 1. The first-order valence-corrected chi connectivity index (χ1v) is 6.38. The molecule has 20 heavy (non-hydrogen) atoms. The molecule has 2 atom stereocenters. The van der Waals surface area contributed by atoms with E-state index in [1.165, 1.54) is 13.0 Å². The van der Waals surface area contributed by atoms with E-state index in [1.807, 2.05) is 19.9 Å². The Hall–Kier alpha value is -1.87. The largest absolute Gasteiger partial charge is 0.454 e. The first-order valence-electron chi connectivity index (χ1n) is 6.38. The van der Waals surface area contributed by atoms with Gasteiger partial charge in [-0.05, 0) is 19.8 Å². The molecule has 0 aromatic rings. The van der Waals surface area contributed by atoms with Crippen LogP contribution in [-0.2, 0) is 19.1 Å². The summed E-state index contributed by atoms with van der Waals surface area (Å²) in [5.41, 5.74) is -0.992. The van der Waals surface area contributed by atoms with Gasteiger partial charge in [-0.3, -0.25) is 4.79 Å². The number of amides is 1. The predicted octanol–water partition coefficient (Wildman–Crippen LogP) is 1.18. The first-order chi connectivity index (χ1) is 9.26. The number of nitriles is 1. The second-order valence-corrected chi connectivity index (χ2v) is 4.89. The lowest BCUT2D eigenvalue weighted by molar-refractivity contribution is -0.158. The molecule has 0 radical (unpaired) electrons. The monoisotopic (exact) mass is 282 g/mol. The minimum atomic E-state index is -0.992. The highest BCUT2D eigenvalue weighted by Gasteiger charge is 2.30. The topological polar surface area (TPSA) is 88.4 Å². The van der Waals surface area contributed by atoms with E-state index in [0.717, 1.165) is 0 Å². The van der Waals surface area contributed by atoms with Crippen molar-refractivity contribution in [2.75, 3.05) is 13.2 Å². The Labute approximate surface area is 119 Å². The van der Waals surface area contributed by atoms with Crippen LogP contribution in [0.2, 0.25) is 0 Å². The van der Waals surface area contributed by atoms with Gasteiger partial charge in [0, 0.05) is 0 Å². The zero-order chi connectivity index (χ0) is 15.8. The van der Waals surface area contributed by atoms with Crippen molar-refractivity contribution in [2.45, 2.75) is 39.3 Å². The van der Waals surface area contributed by atoms with Crippen molar-refractivity contribution in [1.29, 1.82) is 5.26 Å². The van der Waals surface area contributed by atoms with Gasteiger partial charge in [0.05, 0.1) is 12.7 Å². The number of esters is 1. The van der Waals surface area contributed by atoms with Gasteiger partial charge in [0.2, 0.25) is 0 Å². The number of nitrogens with zero attached hydrogens (tertiary/aromatic N) is 1. The Morgan fingerprint density at radius 3 is 2.50 bits per heavy atom. The average Bonchev–Trinajstić information content (AvgIpc) is 2.41. The summed E-state index contributed by atoms with van der Waals surface area (Å²) in [6, 6.07) is 2.04. The Balaban J connectivity index is 4.27. The summed E-state index contributed by atoms with van der Waals surface area (Å²) in [4.78, 5) is 23.2. The molecule has 112 valence electrons. The van der Waals surface area contributed by atoms with Crippen LogP contribution in [-0.4, -0.2) is 36.7 Å². The van der Waals surface area contributed by atoms with Crippen LogP contribution >= 0.6 is 0 Å². The second-order valence-electron chi connectivity index (χ2n) is 4.89. The van der Waals surface area contributed by atoms with E-state index in [0.29, 0.717) is 0 Å². The molecular formula is C14H22N2O4. The lowest BCUT2D eigenvalue weighted by atomic mass is 9.90. The van der Waals surface area contributed by atoms with Crippen LogP contribution in [0.4, 0.5) is 0 Å². The molecule has 0 aromatic carbocycles. The summed E-state index contributed by atoms with van der Waals surface area (Å²) in [6.07, 6.45) is 0.741. The molecule has 0 spiro atoms. The maximum Gasteiger partial charge on any atom is 0.335 e. The van der Waals surface area contributed by atoms with Crippen LogP contribution in [0, 0.1) is 17.2 Å². The van der Waals surface area contributed by atoms with E-state index in [2.05, 4.69) is 11.9 Å². The van der Waals surface area contributed by atoms with Gasteiger partial charge >= 0.3 is 5.97 Å².